The summed E-state index contributed by atoms with van der Waals surface area (Å²) in [5.41, 5.74) is 6.65. The highest BCUT2D eigenvalue weighted by Crippen LogP contribution is 2.27. The molecular formula is C15H14N4O3S. The van der Waals surface area contributed by atoms with Gasteiger partial charge in [-0.2, -0.15) is 9.78 Å². The number of hydrogen-bond donors (Lipinski definition) is 2. The summed E-state index contributed by atoms with van der Waals surface area (Å²) in [6.07, 6.45) is 0. The van der Waals surface area contributed by atoms with Crippen molar-refractivity contribution in [2.24, 2.45) is 0 Å². The van der Waals surface area contributed by atoms with E-state index in [1.165, 1.54) is 0 Å². The number of thiophene rings is 1. The number of nitrogens with two attached hydrogens (primary N) is 1. The lowest BCUT2D eigenvalue weighted by atomic mass is 10.2. The standard InChI is InChI=1S/C15H14N4O3S/c1-18(2)8-3-5-9(6-4-8)19-14(20)11-10(7-23-13(11)16)12(17-19)15(21)22/h3-7H,16H2,1-2H3,(H,21,22). The fourth-order valence-electron chi connectivity index (χ4n) is 2.30. The Morgan fingerprint density at radius 2 is 1.96 bits per heavy atom. The van der Waals surface area contributed by atoms with Gasteiger partial charge in [-0.05, 0) is 24.3 Å². The molecule has 0 bridgehead atoms. The number of carboxylic acids is 1. The first kappa shape index (κ1) is 15.0. The zero-order valence-corrected chi connectivity index (χ0v) is 13.3. The summed E-state index contributed by atoms with van der Waals surface area (Å²) in [5.74, 6) is -1.20. The molecule has 0 aliphatic carbocycles. The number of nitrogen functional groups attached to an aromatic ring is 1. The zero-order valence-electron chi connectivity index (χ0n) is 12.5. The molecule has 3 aromatic rings. The van der Waals surface area contributed by atoms with Gasteiger partial charge in [-0.25, -0.2) is 4.79 Å². The quantitative estimate of drug-likeness (QED) is 0.759. The van der Waals surface area contributed by atoms with Crippen molar-refractivity contribution in [3.63, 3.8) is 0 Å². The van der Waals surface area contributed by atoms with E-state index in [1.807, 2.05) is 31.1 Å². The van der Waals surface area contributed by atoms with Crippen LogP contribution in [-0.4, -0.2) is 35.0 Å². The molecule has 0 saturated heterocycles. The monoisotopic (exact) mass is 330 g/mol. The zero-order chi connectivity index (χ0) is 16.7. The van der Waals surface area contributed by atoms with Crippen molar-refractivity contribution in [3.05, 3.63) is 45.7 Å². The van der Waals surface area contributed by atoms with E-state index in [-0.39, 0.29) is 21.5 Å². The Morgan fingerprint density at radius 1 is 1.30 bits per heavy atom. The second-order valence-electron chi connectivity index (χ2n) is 5.17. The number of rotatable bonds is 3. The van der Waals surface area contributed by atoms with Gasteiger partial charge in [-0.15, -0.1) is 11.3 Å². The topological polar surface area (TPSA) is 101 Å². The second kappa shape index (κ2) is 5.40. The summed E-state index contributed by atoms with van der Waals surface area (Å²) in [6.45, 7) is 0. The molecule has 3 N–H and O–H groups in total. The van der Waals surface area contributed by atoms with Crippen molar-refractivity contribution in [1.82, 2.24) is 9.78 Å². The van der Waals surface area contributed by atoms with Gasteiger partial charge in [0.15, 0.2) is 5.69 Å². The molecule has 0 aliphatic rings. The molecule has 118 valence electrons. The number of carbonyl (C=O) groups is 1. The predicted molar refractivity (Wildman–Crippen MR) is 90.9 cm³/mol. The molecule has 0 fully saturated rings. The molecule has 3 rings (SSSR count). The van der Waals surface area contributed by atoms with Crippen LogP contribution in [0.15, 0.2) is 34.4 Å². The molecule has 2 heterocycles. The second-order valence-corrected chi connectivity index (χ2v) is 6.08. The van der Waals surface area contributed by atoms with Crippen LogP contribution >= 0.6 is 11.3 Å². The third-order valence-corrected chi connectivity index (χ3v) is 4.31. The first-order valence-corrected chi connectivity index (χ1v) is 7.59. The van der Waals surface area contributed by atoms with Crippen LogP contribution in [0, 0.1) is 0 Å². The highest BCUT2D eigenvalue weighted by atomic mass is 32.1. The molecule has 0 amide bonds. The third-order valence-electron chi connectivity index (χ3n) is 3.49. The number of nitrogens with zero attached hydrogens (tertiary/aromatic N) is 3. The van der Waals surface area contributed by atoms with E-state index in [9.17, 15) is 14.7 Å². The Balaban J connectivity index is 2.29. The first-order valence-electron chi connectivity index (χ1n) is 6.71. The van der Waals surface area contributed by atoms with E-state index in [0.717, 1.165) is 21.7 Å². The van der Waals surface area contributed by atoms with Gasteiger partial charge < -0.3 is 15.7 Å². The van der Waals surface area contributed by atoms with E-state index in [2.05, 4.69) is 5.10 Å². The van der Waals surface area contributed by atoms with E-state index < -0.39 is 11.5 Å². The summed E-state index contributed by atoms with van der Waals surface area (Å²) in [7, 11) is 3.81. The Bertz CT molecular complexity index is 957. The molecule has 0 atom stereocenters. The summed E-state index contributed by atoms with van der Waals surface area (Å²) in [5, 5.41) is 15.6. The fourth-order valence-corrected chi connectivity index (χ4v) is 3.09. The highest BCUT2D eigenvalue weighted by molar-refractivity contribution is 7.15. The number of aromatic carboxylic acids is 1. The maximum Gasteiger partial charge on any atom is 0.357 e. The van der Waals surface area contributed by atoms with Gasteiger partial charge in [-0.1, -0.05) is 0 Å². The summed E-state index contributed by atoms with van der Waals surface area (Å²) in [6, 6.07) is 7.07. The van der Waals surface area contributed by atoms with E-state index >= 15 is 0 Å². The summed E-state index contributed by atoms with van der Waals surface area (Å²) in [4.78, 5) is 26.0. The average molecular weight is 330 g/mol. The average Bonchev–Trinajstić information content (AvgIpc) is 2.90. The van der Waals surface area contributed by atoms with Crippen molar-refractivity contribution in [1.29, 1.82) is 0 Å². The number of hydrogen-bond acceptors (Lipinski definition) is 6. The third kappa shape index (κ3) is 2.42. The van der Waals surface area contributed by atoms with Crippen LogP contribution in [0.4, 0.5) is 10.7 Å². The lowest BCUT2D eigenvalue weighted by Gasteiger charge is -2.13. The molecular weight excluding hydrogens is 316 g/mol. The van der Waals surface area contributed by atoms with Gasteiger partial charge in [0.2, 0.25) is 0 Å². The number of benzene rings is 1. The van der Waals surface area contributed by atoms with E-state index in [4.69, 9.17) is 5.73 Å². The molecule has 23 heavy (non-hydrogen) atoms. The van der Waals surface area contributed by atoms with Crippen molar-refractivity contribution >= 4 is 38.8 Å². The minimum Gasteiger partial charge on any atom is -0.476 e. The van der Waals surface area contributed by atoms with Crippen LogP contribution in [-0.2, 0) is 0 Å². The van der Waals surface area contributed by atoms with Gasteiger partial charge in [0, 0.05) is 30.5 Å². The van der Waals surface area contributed by atoms with Crippen LogP contribution in [0.25, 0.3) is 16.5 Å². The Hall–Kier alpha value is -2.87. The number of carboxylic acid groups (broad SMARTS) is 1. The molecule has 0 aliphatic heterocycles. The Labute approximate surface area is 135 Å². The van der Waals surface area contributed by atoms with Crippen molar-refractivity contribution in [2.45, 2.75) is 0 Å². The normalized spacial score (nSPS) is 10.9. The van der Waals surface area contributed by atoms with Gasteiger partial charge in [-0.3, -0.25) is 4.79 Å². The van der Waals surface area contributed by atoms with Crippen LogP contribution in [0.5, 0.6) is 0 Å². The minimum atomic E-state index is -1.20. The molecule has 8 heteroatoms. The van der Waals surface area contributed by atoms with Gasteiger partial charge in [0.1, 0.15) is 0 Å². The number of fused-ring (bicyclic) bond motifs is 1. The van der Waals surface area contributed by atoms with Gasteiger partial charge >= 0.3 is 5.97 Å². The largest absolute Gasteiger partial charge is 0.476 e. The van der Waals surface area contributed by atoms with Crippen molar-refractivity contribution < 1.29 is 9.90 Å². The van der Waals surface area contributed by atoms with Crippen molar-refractivity contribution in [3.8, 4) is 5.69 Å². The lowest BCUT2D eigenvalue weighted by Crippen LogP contribution is -2.24. The highest BCUT2D eigenvalue weighted by Gasteiger charge is 2.19. The van der Waals surface area contributed by atoms with E-state index in [1.54, 1.807) is 17.5 Å². The smallest absolute Gasteiger partial charge is 0.357 e. The number of aromatic nitrogens is 2. The maximum atomic E-state index is 12.6. The summed E-state index contributed by atoms with van der Waals surface area (Å²) >= 11 is 1.13. The summed E-state index contributed by atoms with van der Waals surface area (Å²) < 4.78 is 1.08. The van der Waals surface area contributed by atoms with Crippen LogP contribution in [0.1, 0.15) is 10.5 Å². The molecule has 0 radical (unpaired) electrons. The SMILES string of the molecule is CN(C)c1ccc(-n2nc(C(=O)O)c3csc(N)c3c2=O)cc1. The molecule has 0 saturated carbocycles. The minimum absolute atomic E-state index is 0.191. The first-order chi connectivity index (χ1) is 10.9. The molecule has 2 aromatic heterocycles. The molecule has 7 nitrogen and oxygen atoms in total. The van der Waals surface area contributed by atoms with Crippen LogP contribution < -0.4 is 16.2 Å². The van der Waals surface area contributed by atoms with Crippen LogP contribution in [0.2, 0.25) is 0 Å². The predicted octanol–water partition coefficient (Wildman–Crippen LogP) is 1.79. The Morgan fingerprint density at radius 3 is 2.52 bits per heavy atom. The van der Waals surface area contributed by atoms with E-state index in [0.29, 0.717) is 5.69 Å². The van der Waals surface area contributed by atoms with Gasteiger partial charge in [0.25, 0.3) is 5.56 Å². The number of anilines is 2. The van der Waals surface area contributed by atoms with Crippen LogP contribution in [0.3, 0.4) is 0 Å². The maximum absolute atomic E-state index is 12.6. The molecule has 1 aromatic carbocycles. The fraction of sp³-hybridized carbons (Fsp3) is 0.133. The molecule has 0 unspecified atom stereocenters. The molecule has 0 spiro atoms. The lowest BCUT2D eigenvalue weighted by molar-refractivity contribution is 0.0691. The van der Waals surface area contributed by atoms with Crippen molar-refractivity contribution in [2.75, 3.05) is 24.7 Å². The Kier molecular flexibility index (Phi) is 3.53. The van der Waals surface area contributed by atoms with Gasteiger partial charge in [0.05, 0.1) is 16.1 Å².